The summed E-state index contributed by atoms with van der Waals surface area (Å²) in [5.74, 6) is -2.11. The molecular formula is C11H12F4N2. The summed E-state index contributed by atoms with van der Waals surface area (Å²) in [7, 11) is 0. The Morgan fingerprint density at radius 3 is 2.00 bits per heavy atom. The molecule has 0 spiro atoms. The largest absolute Gasteiger partial charge is 0.266 e. The lowest BCUT2D eigenvalue weighted by Crippen LogP contribution is -2.33. The molecular weight excluding hydrogens is 236 g/mol. The van der Waals surface area contributed by atoms with Gasteiger partial charge in [0.2, 0.25) is 6.43 Å². The first-order valence-electron chi connectivity index (χ1n) is 4.93. The van der Waals surface area contributed by atoms with Crippen LogP contribution < -0.4 is 0 Å². The van der Waals surface area contributed by atoms with Gasteiger partial charge in [0.25, 0.3) is 6.08 Å². The normalized spacial score (nSPS) is 14.6. The van der Waals surface area contributed by atoms with Gasteiger partial charge in [0, 0.05) is 12.3 Å². The second-order valence-corrected chi connectivity index (χ2v) is 3.87. The Balaban J connectivity index is 5.26. The maximum absolute atomic E-state index is 12.2. The van der Waals surface area contributed by atoms with Crippen LogP contribution in [0, 0.1) is 39.9 Å². The van der Waals surface area contributed by atoms with Gasteiger partial charge in [-0.05, 0) is 12.0 Å². The van der Waals surface area contributed by atoms with E-state index in [1.807, 2.05) is 0 Å². The summed E-state index contributed by atoms with van der Waals surface area (Å²) in [4.78, 5) is 0. The fraction of sp³-hybridized carbons (Fsp3) is 0.636. The van der Waals surface area contributed by atoms with Crippen molar-refractivity contribution in [3.63, 3.8) is 0 Å². The highest BCUT2D eigenvalue weighted by Crippen LogP contribution is 2.39. The Hall–Kier alpha value is -1.56. The van der Waals surface area contributed by atoms with Crippen LogP contribution in [-0.4, -0.2) is 6.43 Å². The summed E-state index contributed by atoms with van der Waals surface area (Å²) in [5.41, 5.74) is -1.86. The number of nitrogens with zero attached hydrogens (tertiary/aromatic N) is 2. The minimum Gasteiger partial charge on any atom is -0.211 e. The van der Waals surface area contributed by atoms with Gasteiger partial charge < -0.3 is 0 Å². The van der Waals surface area contributed by atoms with Crippen LogP contribution in [0.2, 0.25) is 0 Å². The van der Waals surface area contributed by atoms with E-state index >= 15 is 0 Å². The molecule has 2 atom stereocenters. The van der Waals surface area contributed by atoms with Crippen molar-refractivity contribution in [2.75, 3.05) is 0 Å². The molecule has 0 aliphatic rings. The van der Waals surface area contributed by atoms with Crippen molar-refractivity contribution in [3.05, 3.63) is 12.2 Å². The molecule has 0 aliphatic heterocycles. The average Bonchev–Trinajstić information content (AvgIpc) is 2.17. The van der Waals surface area contributed by atoms with Gasteiger partial charge in [0.05, 0.1) is 12.1 Å². The van der Waals surface area contributed by atoms with Gasteiger partial charge in [0.15, 0.2) is 5.41 Å². The molecule has 17 heavy (non-hydrogen) atoms. The molecule has 0 bridgehead atoms. The zero-order valence-electron chi connectivity index (χ0n) is 9.42. The average molecular weight is 248 g/mol. The van der Waals surface area contributed by atoms with E-state index in [1.165, 1.54) is 13.8 Å². The molecule has 0 saturated carbocycles. The summed E-state index contributed by atoms with van der Waals surface area (Å²) in [5, 5.41) is 17.9. The van der Waals surface area contributed by atoms with Crippen LogP contribution in [-0.2, 0) is 0 Å². The van der Waals surface area contributed by atoms with Crippen molar-refractivity contribution in [3.8, 4) is 12.1 Å². The SMILES string of the molecule is CC(C=C(F)F)C(C#N)(C#N)C(C)CC(F)F. The Morgan fingerprint density at radius 2 is 1.71 bits per heavy atom. The summed E-state index contributed by atoms with van der Waals surface area (Å²) < 4.78 is 48.7. The minimum absolute atomic E-state index is 0.453. The first kappa shape index (κ1) is 15.4. The van der Waals surface area contributed by atoms with Crippen LogP contribution in [0.1, 0.15) is 20.3 Å². The summed E-state index contributed by atoms with van der Waals surface area (Å²) >= 11 is 0. The molecule has 0 aromatic rings. The monoisotopic (exact) mass is 248 g/mol. The molecule has 0 aromatic carbocycles. The molecule has 0 aromatic heterocycles. The van der Waals surface area contributed by atoms with Crippen LogP contribution in [0.25, 0.3) is 0 Å². The topological polar surface area (TPSA) is 47.6 Å². The number of nitriles is 2. The third-order valence-electron chi connectivity index (χ3n) is 2.77. The van der Waals surface area contributed by atoms with Gasteiger partial charge in [-0.15, -0.1) is 0 Å². The smallest absolute Gasteiger partial charge is 0.211 e. The third-order valence-corrected chi connectivity index (χ3v) is 2.77. The summed E-state index contributed by atoms with van der Waals surface area (Å²) in [6, 6.07) is 3.21. The number of alkyl halides is 2. The molecule has 94 valence electrons. The Bertz CT molecular complexity index is 347. The lowest BCUT2D eigenvalue weighted by atomic mass is 9.68. The molecule has 2 unspecified atom stereocenters. The molecule has 0 rings (SSSR count). The number of rotatable bonds is 5. The van der Waals surface area contributed by atoms with Crippen LogP contribution in [0.3, 0.4) is 0 Å². The molecule has 0 saturated heterocycles. The Morgan fingerprint density at radius 1 is 1.24 bits per heavy atom. The molecule has 6 heteroatoms. The molecule has 0 radical (unpaired) electrons. The molecule has 2 nitrogen and oxygen atoms in total. The molecule has 0 aliphatic carbocycles. The minimum atomic E-state index is -2.68. The van der Waals surface area contributed by atoms with Crippen LogP contribution >= 0.6 is 0 Å². The standard InChI is InChI=1S/C11H12F4N2/c1-7(3-9(12)13)11(5-16,6-17)8(2)4-10(14)15/h3,7-8,10H,4H2,1-2H3. The van der Waals surface area contributed by atoms with Crippen LogP contribution in [0.5, 0.6) is 0 Å². The highest BCUT2D eigenvalue weighted by molar-refractivity contribution is 5.21. The quantitative estimate of drug-likeness (QED) is 0.696. The molecule has 0 heterocycles. The van der Waals surface area contributed by atoms with Gasteiger partial charge in [-0.25, -0.2) is 8.78 Å². The molecule has 0 amide bonds. The number of allylic oxidation sites excluding steroid dienone is 1. The van der Waals surface area contributed by atoms with E-state index in [9.17, 15) is 17.6 Å². The number of halogens is 4. The van der Waals surface area contributed by atoms with E-state index in [0.29, 0.717) is 6.08 Å². The predicted molar refractivity (Wildman–Crippen MR) is 52.9 cm³/mol. The number of hydrogen-bond donors (Lipinski definition) is 0. The van der Waals surface area contributed by atoms with E-state index in [1.54, 1.807) is 12.1 Å². The zero-order chi connectivity index (χ0) is 13.6. The predicted octanol–water partition coefficient (Wildman–Crippen LogP) is 3.73. The molecule has 0 N–H and O–H groups in total. The van der Waals surface area contributed by atoms with E-state index in [2.05, 4.69) is 0 Å². The van der Waals surface area contributed by atoms with E-state index in [4.69, 9.17) is 10.5 Å². The maximum atomic E-state index is 12.2. The molecule has 0 fully saturated rings. The van der Waals surface area contributed by atoms with Gasteiger partial charge in [-0.3, -0.25) is 0 Å². The van der Waals surface area contributed by atoms with Crippen molar-refractivity contribution in [2.24, 2.45) is 17.3 Å². The summed E-state index contributed by atoms with van der Waals surface area (Å²) in [6.45, 7) is 2.53. The number of hydrogen-bond acceptors (Lipinski definition) is 2. The van der Waals surface area contributed by atoms with Crippen LogP contribution in [0.4, 0.5) is 17.6 Å². The van der Waals surface area contributed by atoms with E-state index in [0.717, 1.165) is 0 Å². The fourth-order valence-electron chi connectivity index (χ4n) is 1.67. The van der Waals surface area contributed by atoms with E-state index in [-0.39, 0.29) is 0 Å². The van der Waals surface area contributed by atoms with Gasteiger partial charge in [-0.2, -0.15) is 19.3 Å². The first-order valence-corrected chi connectivity index (χ1v) is 4.93. The lowest BCUT2D eigenvalue weighted by molar-refractivity contribution is 0.0913. The zero-order valence-corrected chi connectivity index (χ0v) is 9.42. The van der Waals surface area contributed by atoms with Crippen molar-refractivity contribution in [1.82, 2.24) is 0 Å². The Labute approximate surface area is 97.1 Å². The van der Waals surface area contributed by atoms with Crippen molar-refractivity contribution in [1.29, 1.82) is 10.5 Å². The third kappa shape index (κ3) is 3.74. The van der Waals surface area contributed by atoms with Crippen LogP contribution in [0.15, 0.2) is 12.2 Å². The summed E-state index contributed by atoms with van der Waals surface area (Å²) in [6.07, 6.45) is -4.93. The second-order valence-electron chi connectivity index (χ2n) is 3.87. The maximum Gasteiger partial charge on any atom is 0.266 e. The second kappa shape index (κ2) is 6.24. The van der Waals surface area contributed by atoms with Crippen molar-refractivity contribution in [2.45, 2.75) is 26.7 Å². The Kier molecular flexibility index (Phi) is 5.67. The van der Waals surface area contributed by atoms with Crippen molar-refractivity contribution >= 4 is 0 Å². The van der Waals surface area contributed by atoms with Gasteiger partial charge in [0.1, 0.15) is 0 Å². The highest BCUT2D eigenvalue weighted by Gasteiger charge is 2.42. The van der Waals surface area contributed by atoms with Gasteiger partial charge in [-0.1, -0.05) is 13.8 Å². The lowest BCUT2D eigenvalue weighted by Gasteiger charge is -2.29. The van der Waals surface area contributed by atoms with Gasteiger partial charge >= 0.3 is 0 Å². The van der Waals surface area contributed by atoms with E-state index < -0.39 is 36.2 Å². The first-order chi connectivity index (χ1) is 7.80. The van der Waals surface area contributed by atoms with Crippen molar-refractivity contribution < 1.29 is 17.6 Å². The highest BCUT2D eigenvalue weighted by atomic mass is 19.3. The fourth-order valence-corrected chi connectivity index (χ4v) is 1.67.